The lowest BCUT2D eigenvalue weighted by molar-refractivity contribution is 0.0179. The Hall–Kier alpha value is -0.730. The van der Waals surface area contributed by atoms with Gasteiger partial charge in [0.25, 0.3) is 0 Å². The molecule has 0 aromatic heterocycles. The Kier molecular flexibility index (Phi) is 9.53. The van der Waals surface area contributed by atoms with Crippen LogP contribution in [0.25, 0.3) is 0 Å². The third-order valence-electron chi connectivity index (χ3n) is 2.51. The van der Waals surface area contributed by atoms with Crippen LogP contribution in [0.2, 0.25) is 0 Å². The van der Waals surface area contributed by atoms with E-state index in [4.69, 9.17) is 36.9 Å². The molecule has 0 saturated heterocycles. The molecule has 0 aliphatic heterocycles. The predicted molar refractivity (Wildman–Crippen MR) is 89.0 cm³/mol. The van der Waals surface area contributed by atoms with Crippen LogP contribution in [-0.2, 0) is 14.2 Å². The summed E-state index contributed by atoms with van der Waals surface area (Å²) in [6, 6.07) is 5.56. The van der Waals surface area contributed by atoms with E-state index < -0.39 is 0 Å². The first-order chi connectivity index (χ1) is 10.2. The van der Waals surface area contributed by atoms with Gasteiger partial charge in [-0.15, -0.1) is 0 Å². The number of thiocarbonyl (C=S) groups is 1. The van der Waals surface area contributed by atoms with Crippen molar-refractivity contribution in [3.05, 3.63) is 28.2 Å². The monoisotopic (exact) mass is 377 g/mol. The minimum absolute atomic E-state index is 0.296. The summed E-state index contributed by atoms with van der Waals surface area (Å²) >= 11 is 8.42. The van der Waals surface area contributed by atoms with Gasteiger partial charge in [0.2, 0.25) is 0 Å². The van der Waals surface area contributed by atoms with E-state index >= 15 is 0 Å². The van der Waals surface area contributed by atoms with Crippen molar-refractivity contribution in [2.75, 3.05) is 46.8 Å². The predicted octanol–water partition coefficient (Wildman–Crippen LogP) is 2.14. The van der Waals surface area contributed by atoms with E-state index in [9.17, 15) is 0 Å². The molecule has 0 unspecified atom stereocenters. The fraction of sp³-hybridized carbons (Fsp3) is 0.500. The Bertz CT molecular complexity index is 445. The zero-order valence-corrected chi connectivity index (χ0v) is 14.4. The third kappa shape index (κ3) is 7.19. The molecule has 1 aromatic rings. The second-order valence-corrected chi connectivity index (χ2v) is 5.34. The summed E-state index contributed by atoms with van der Waals surface area (Å²) in [4.78, 5) is 0.296. The zero-order chi connectivity index (χ0) is 15.5. The molecule has 21 heavy (non-hydrogen) atoms. The van der Waals surface area contributed by atoms with Crippen LogP contribution < -0.4 is 10.5 Å². The topological polar surface area (TPSA) is 62.9 Å². The minimum Gasteiger partial charge on any atom is -0.490 e. The molecule has 2 N–H and O–H groups in total. The fourth-order valence-corrected chi connectivity index (χ4v) is 2.44. The Labute approximate surface area is 138 Å². The molecule has 0 radical (unpaired) electrons. The van der Waals surface area contributed by atoms with Gasteiger partial charge in [-0.3, -0.25) is 0 Å². The first-order valence-corrected chi connectivity index (χ1v) is 7.72. The standard InChI is InChI=1S/C14H20BrNO4S/c1-17-5-6-18-7-8-19-9-10-20-12-4-2-3-11(15)13(12)14(16)21/h2-4H,5-10H2,1H3,(H2,16,21). The maximum absolute atomic E-state index is 5.69. The molecule has 7 heteroatoms. The molecular weight excluding hydrogens is 358 g/mol. The van der Waals surface area contributed by atoms with Gasteiger partial charge in [-0.2, -0.15) is 0 Å². The molecule has 0 bridgehead atoms. The molecule has 1 aromatic carbocycles. The van der Waals surface area contributed by atoms with E-state index in [1.165, 1.54) is 0 Å². The summed E-state index contributed by atoms with van der Waals surface area (Å²) in [7, 11) is 1.64. The number of methoxy groups -OCH3 is 1. The Balaban J connectivity index is 2.21. The van der Waals surface area contributed by atoms with Crippen molar-refractivity contribution in [2.24, 2.45) is 5.73 Å². The molecule has 1 rings (SSSR count). The highest BCUT2D eigenvalue weighted by molar-refractivity contribution is 9.10. The number of nitrogens with two attached hydrogens (primary N) is 1. The SMILES string of the molecule is COCCOCCOCCOc1cccc(Br)c1C(N)=S. The number of hydrogen-bond donors (Lipinski definition) is 1. The van der Waals surface area contributed by atoms with Crippen molar-refractivity contribution < 1.29 is 18.9 Å². The molecule has 118 valence electrons. The molecular formula is C14H20BrNO4S. The van der Waals surface area contributed by atoms with E-state index in [1.54, 1.807) is 7.11 Å². The maximum Gasteiger partial charge on any atom is 0.130 e. The average molecular weight is 378 g/mol. The van der Waals surface area contributed by atoms with E-state index in [2.05, 4.69) is 15.9 Å². The summed E-state index contributed by atoms with van der Waals surface area (Å²) < 4.78 is 22.0. The van der Waals surface area contributed by atoms with Gasteiger partial charge < -0.3 is 24.7 Å². The number of benzene rings is 1. The molecule has 0 aliphatic rings. The van der Waals surface area contributed by atoms with Crippen molar-refractivity contribution in [3.63, 3.8) is 0 Å². The van der Waals surface area contributed by atoms with Crippen LogP contribution in [0.15, 0.2) is 22.7 Å². The van der Waals surface area contributed by atoms with Crippen molar-refractivity contribution in [2.45, 2.75) is 0 Å². The van der Waals surface area contributed by atoms with Gasteiger partial charge in [0.05, 0.1) is 38.6 Å². The van der Waals surface area contributed by atoms with Gasteiger partial charge in [0.15, 0.2) is 0 Å². The quantitative estimate of drug-likeness (QED) is 0.470. The maximum atomic E-state index is 5.69. The van der Waals surface area contributed by atoms with Crippen LogP contribution in [0.1, 0.15) is 5.56 Å². The highest BCUT2D eigenvalue weighted by atomic mass is 79.9. The summed E-state index contributed by atoms with van der Waals surface area (Å²) in [6.45, 7) is 3.12. The fourth-order valence-electron chi connectivity index (χ4n) is 1.54. The molecule has 0 heterocycles. The average Bonchev–Trinajstić information content (AvgIpc) is 2.45. The van der Waals surface area contributed by atoms with Crippen LogP contribution in [0.4, 0.5) is 0 Å². The second-order valence-electron chi connectivity index (χ2n) is 4.04. The van der Waals surface area contributed by atoms with Crippen molar-refractivity contribution in [1.29, 1.82) is 0 Å². The van der Waals surface area contributed by atoms with Gasteiger partial charge >= 0.3 is 0 Å². The van der Waals surface area contributed by atoms with E-state index in [0.717, 1.165) is 4.47 Å². The van der Waals surface area contributed by atoms with Crippen LogP contribution in [0.5, 0.6) is 5.75 Å². The van der Waals surface area contributed by atoms with Gasteiger partial charge in [-0.1, -0.05) is 18.3 Å². The highest BCUT2D eigenvalue weighted by Crippen LogP contribution is 2.26. The Morgan fingerprint density at radius 1 is 1.10 bits per heavy atom. The largest absolute Gasteiger partial charge is 0.490 e. The van der Waals surface area contributed by atoms with Crippen molar-refractivity contribution in [1.82, 2.24) is 0 Å². The van der Waals surface area contributed by atoms with Crippen LogP contribution >= 0.6 is 28.1 Å². The van der Waals surface area contributed by atoms with Gasteiger partial charge in [0, 0.05) is 11.6 Å². The van der Waals surface area contributed by atoms with Gasteiger partial charge in [-0.25, -0.2) is 0 Å². The first kappa shape index (κ1) is 18.3. The number of hydrogen-bond acceptors (Lipinski definition) is 5. The summed E-state index contributed by atoms with van der Waals surface area (Å²) in [5, 5.41) is 0. The number of halogens is 1. The van der Waals surface area contributed by atoms with Crippen LogP contribution in [0.3, 0.4) is 0 Å². The molecule has 0 saturated carbocycles. The normalized spacial score (nSPS) is 10.6. The van der Waals surface area contributed by atoms with Gasteiger partial charge in [0.1, 0.15) is 17.3 Å². The summed E-state index contributed by atoms with van der Waals surface area (Å²) in [6.07, 6.45) is 0. The van der Waals surface area contributed by atoms with E-state index in [0.29, 0.717) is 55.9 Å². The van der Waals surface area contributed by atoms with Gasteiger partial charge in [-0.05, 0) is 28.1 Å². The molecule has 0 aliphatic carbocycles. The Morgan fingerprint density at radius 3 is 2.33 bits per heavy atom. The molecule has 0 fully saturated rings. The molecule has 0 atom stereocenters. The molecule has 5 nitrogen and oxygen atoms in total. The zero-order valence-electron chi connectivity index (χ0n) is 12.0. The van der Waals surface area contributed by atoms with Crippen molar-refractivity contribution >= 4 is 33.1 Å². The molecule has 0 amide bonds. The van der Waals surface area contributed by atoms with Crippen molar-refractivity contribution in [3.8, 4) is 5.75 Å². The summed E-state index contributed by atoms with van der Waals surface area (Å²) in [5.41, 5.74) is 6.39. The van der Waals surface area contributed by atoms with Crippen LogP contribution in [-0.4, -0.2) is 51.7 Å². The van der Waals surface area contributed by atoms with E-state index in [1.807, 2.05) is 18.2 Å². The smallest absolute Gasteiger partial charge is 0.130 e. The third-order valence-corrected chi connectivity index (χ3v) is 3.38. The highest BCUT2D eigenvalue weighted by Gasteiger charge is 2.10. The summed E-state index contributed by atoms with van der Waals surface area (Å²) in [5.74, 6) is 0.650. The minimum atomic E-state index is 0.296. The first-order valence-electron chi connectivity index (χ1n) is 6.52. The second kappa shape index (κ2) is 10.9. The lowest BCUT2D eigenvalue weighted by atomic mass is 10.2. The lowest BCUT2D eigenvalue weighted by Gasteiger charge is -2.12. The Morgan fingerprint density at radius 2 is 1.71 bits per heavy atom. The number of ether oxygens (including phenoxy) is 4. The number of rotatable bonds is 11. The van der Waals surface area contributed by atoms with Crippen LogP contribution in [0, 0.1) is 0 Å². The lowest BCUT2D eigenvalue weighted by Crippen LogP contribution is -2.15. The molecule has 0 spiro atoms. The van der Waals surface area contributed by atoms with E-state index in [-0.39, 0.29) is 0 Å².